The average molecular weight is 315 g/mol. The number of hydrogen-bond acceptors (Lipinski definition) is 2. The van der Waals surface area contributed by atoms with Gasteiger partial charge in [0, 0.05) is 17.7 Å². The van der Waals surface area contributed by atoms with Crippen LogP contribution in [0.1, 0.15) is 40.7 Å². The van der Waals surface area contributed by atoms with E-state index in [1.165, 1.54) is 25.3 Å². The Bertz CT molecular complexity index is 708. The van der Waals surface area contributed by atoms with E-state index in [0.29, 0.717) is 5.56 Å². The van der Waals surface area contributed by atoms with Crippen molar-refractivity contribution < 1.29 is 13.6 Å². The van der Waals surface area contributed by atoms with Crippen LogP contribution in [0.4, 0.5) is 8.78 Å². The first-order chi connectivity index (χ1) is 11.1. The summed E-state index contributed by atoms with van der Waals surface area (Å²) in [6.07, 6.45) is 3.71. The van der Waals surface area contributed by atoms with E-state index in [0.717, 1.165) is 37.3 Å². The largest absolute Gasteiger partial charge is 0.299 e. The third kappa shape index (κ3) is 3.82. The molecule has 1 heterocycles. The Morgan fingerprint density at radius 2 is 1.65 bits per heavy atom. The molecule has 2 aromatic carbocycles. The zero-order valence-corrected chi connectivity index (χ0v) is 12.9. The maximum atomic E-state index is 13.3. The summed E-state index contributed by atoms with van der Waals surface area (Å²) < 4.78 is 26.3. The van der Waals surface area contributed by atoms with Crippen LogP contribution in [0, 0.1) is 11.6 Å². The van der Waals surface area contributed by atoms with Crippen molar-refractivity contribution in [1.82, 2.24) is 4.90 Å². The number of rotatable bonds is 4. The van der Waals surface area contributed by atoms with E-state index in [9.17, 15) is 13.6 Å². The van der Waals surface area contributed by atoms with Gasteiger partial charge in [-0.25, -0.2) is 8.78 Å². The highest BCUT2D eigenvalue weighted by Crippen LogP contribution is 2.17. The maximum Gasteiger partial charge on any atom is 0.193 e. The van der Waals surface area contributed by atoms with Crippen LogP contribution in [-0.4, -0.2) is 23.8 Å². The van der Waals surface area contributed by atoms with Gasteiger partial charge in [-0.05, 0) is 55.8 Å². The number of carbonyl (C=O) groups is 1. The fraction of sp³-hybridized carbons (Fsp3) is 0.316. The van der Waals surface area contributed by atoms with E-state index in [4.69, 9.17) is 0 Å². The van der Waals surface area contributed by atoms with Crippen LogP contribution in [0.15, 0.2) is 42.5 Å². The lowest BCUT2D eigenvalue weighted by atomic mass is 10.0. The summed E-state index contributed by atoms with van der Waals surface area (Å²) in [4.78, 5) is 14.8. The van der Waals surface area contributed by atoms with E-state index in [1.54, 1.807) is 6.07 Å². The Morgan fingerprint density at radius 1 is 0.913 bits per heavy atom. The lowest BCUT2D eigenvalue weighted by molar-refractivity contribution is 0.103. The molecule has 0 saturated carbocycles. The van der Waals surface area contributed by atoms with Gasteiger partial charge in [0.25, 0.3) is 0 Å². The fourth-order valence-corrected chi connectivity index (χ4v) is 2.99. The Kier molecular flexibility index (Phi) is 4.82. The molecule has 0 unspecified atom stereocenters. The topological polar surface area (TPSA) is 20.3 Å². The van der Waals surface area contributed by atoms with E-state index in [-0.39, 0.29) is 11.3 Å². The molecule has 0 atom stereocenters. The molecule has 0 N–H and O–H groups in total. The van der Waals surface area contributed by atoms with Crippen LogP contribution in [0.3, 0.4) is 0 Å². The van der Waals surface area contributed by atoms with Gasteiger partial charge < -0.3 is 0 Å². The zero-order valence-electron chi connectivity index (χ0n) is 12.9. The van der Waals surface area contributed by atoms with Crippen molar-refractivity contribution in [3.63, 3.8) is 0 Å². The van der Waals surface area contributed by atoms with E-state index < -0.39 is 11.6 Å². The standard InChI is InChI=1S/C19H19F2NO/c20-17-8-7-16(12-18(17)21)19(23)15-6-4-5-14(11-15)13-22-9-2-1-3-10-22/h4-8,11-12H,1-3,9-10,13H2. The highest BCUT2D eigenvalue weighted by atomic mass is 19.2. The molecule has 0 aliphatic carbocycles. The Labute approximate surface area is 134 Å². The van der Waals surface area contributed by atoms with E-state index >= 15 is 0 Å². The minimum absolute atomic E-state index is 0.166. The summed E-state index contributed by atoms with van der Waals surface area (Å²) in [5, 5.41) is 0. The molecule has 0 amide bonds. The molecule has 1 aliphatic rings. The number of benzene rings is 2. The lowest BCUT2D eigenvalue weighted by Crippen LogP contribution is -2.29. The fourth-order valence-electron chi connectivity index (χ4n) is 2.99. The summed E-state index contributed by atoms with van der Waals surface area (Å²) in [7, 11) is 0. The SMILES string of the molecule is O=C(c1cccc(CN2CCCCC2)c1)c1ccc(F)c(F)c1. The van der Waals surface area contributed by atoms with Crippen molar-refractivity contribution in [2.75, 3.05) is 13.1 Å². The number of halogens is 2. The van der Waals surface area contributed by atoms with Crippen LogP contribution in [0.2, 0.25) is 0 Å². The maximum absolute atomic E-state index is 13.3. The summed E-state index contributed by atoms with van der Waals surface area (Å²) >= 11 is 0. The van der Waals surface area contributed by atoms with Gasteiger partial charge in [0.2, 0.25) is 0 Å². The number of nitrogens with zero attached hydrogens (tertiary/aromatic N) is 1. The molecule has 23 heavy (non-hydrogen) atoms. The van der Waals surface area contributed by atoms with Gasteiger partial charge in [0.05, 0.1) is 0 Å². The lowest BCUT2D eigenvalue weighted by Gasteiger charge is -2.26. The van der Waals surface area contributed by atoms with Crippen molar-refractivity contribution in [3.05, 3.63) is 70.8 Å². The Balaban J connectivity index is 1.78. The molecule has 0 bridgehead atoms. The number of hydrogen-bond donors (Lipinski definition) is 0. The van der Waals surface area contributed by atoms with Crippen LogP contribution >= 0.6 is 0 Å². The molecule has 2 nitrogen and oxygen atoms in total. The molecule has 3 rings (SSSR count). The molecular formula is C19H19F2NO. The predicted molar refractivity (Wildman–Crippen MR) is 85.4 cm³/mol. The summed E-state index contributed by atoms with van der Waals surface area (Å²) in [6.45, 7) is 2.99. The van der Waals surface area contributed by atoms with Gasteiger partial charge in [-0.15, -0.1) is 0 Å². The highest BCUT2D eigenvalue weighted by Gasteiger charge is 2.14. The second kappa shape index (κ2) is 7.01. The smallest absolute Gasteiger partial charge is 0.193 e. The first-order valence-electron chi connectivity index (χ1n) is 7.94. The third-order valence-electron chi connectivity index (χ3n) is 4.23. The second-order valence-corrected chi connectivity index (χ2v) is 6.00. The predicted octanol–water partition coefficient (Wildman–Crippen LogP) is 4.18. The highest BCUT2D eigenvalue weighted by molar-refractivity contribution is 6.09. The van der Waals surface area contributed by atoms with Gasteiger partial charge in [0.15, 0.2) is 17.4 Å². The second-order valence-electron chi connectivity index (χ2n) is 6.00. The summed E-state index contributed by atoms with van der Waals surface area (Å²) in [5.74, 6) is -2.23. The van der Waals surface area contributed by atoms with Gasteiger partial charge >= 0.3 is 0 Å². The van der Waals surface area contributed by atoms with Gasteiger partial charge in [0.1, 0.15) is 0 Å². The normalized spacial score (nSPS) is 15.6. The number of carbonyl (C=O) groups excluding carboxylic acids is 1. The average Bonchev–Trinajstić information content (AvgIpc) is 2.58. The molecule has 0 radical (unpaired) electrons. The molecule has 2 aromatic rings. The zero-order chi connectivity index (χ0) is 16.2. The Morgan fingerprint density at radius 3 is 2.39 bits per heavy atom. The minimum atomic E-state index is -1.000. The first kappa shape index (κ1) is 15.8. The minimum Gasteiger partial charge on any atom is -0.299 e. The molecule has 0 spiro atoms. The summed E-state index contributed by atoms with van der Waals surface area (Å²) in [6, 6.07) is 10.7. The first-order valence-corrected chi connectivity index (χ1v) is 7.94. The number of ketones is 1. The molecular weight excluding hydrogens is 296 g/mol. The van der Waals surface area contributed by atoms with Gasteiger partial charge in [-0.2, -0.15) is 0 Å². The van der Waals surface area contributed by atoms with Gasteiger partial charge in [-0.3, -0.25) is 9.69 Å². The molecule has 1 aliphatic heterocycles. The van der Waals surface area contributed by atoms with Crippen molar-refractivity contribution in [2.45, 2.75) is 25.8 Å². The van der Waals surface area contributed by atoms with E-state index in [1.807, 2.05) is 18.2 Å². The molecule has 1 saturated heterocycles. The van der Waals surface area contributed by atoms with E-state index in [2.05, 4.69) is 4.90 Å². The van der Waals surface area contributed by atoms with Crippen LogP contribution in [0.5, 0.6) is 0 Å². The Hall–Kier alpha value is -2.07. The van der Waals surface area contributed by atoms with Crippen molar-refractivity contribution in [2.24, 2.45) is 0 Å². The van der Waals surface area contributed by atoms with Gasteiger partial charge in [-0.1, -0.05) is 24.6 Å². The van der Waals surface area contributed by atoms with Crippen molar-refractivity contribution in [3.8, 4) is 0 Å². The monoisotopic (exact) mass is 315 g/mol. The van der Waals surface area contributed by atoms with Crippen LogP contribution in [0.25, 0.3) is 0 Å². The number of piperidine rings is 1. The molecule has 1 fully saturated rings. The van der Waals surface area contributed by atoms with Crippen LogP contribution in [-0.2, 0) is 6.54 Å². The van der Waals surface area contributed by atoms with Crippen LogP contribution < -0.4 is 0 Å². The van der Waals surface area contributed by atoms with Crippen molar-refractivity contribution in [1.29, 1.82) is 0 Å². The third-order valence-corrected chi connectivity index (χ3v) is 4.23. The summed E-state index contributed by atoms with van der Waals surface area (Å²) in [5.41, 5.74) is 1.74. The van der Waals surface area contributed by atoms with Crippen molar-refractivity contribution >= 4 is 5.78 Å². The molecule has 0 aromatic heterocycles. The number of likely N-dealkylation sites (tertiary alicyclic amines) is 1. The quantitative estimate of drug-likeness (QED) is 0.789. The molecule has 4 heteroatoms. The molecule has 120 valence electrons.